The van der Waals surface area contributed by atoms with Gasteiger partial charge in [0.25, 0.3) is 5.91 Å². The van der Waals surface area contributed by atoms with E-state index in [2.05, 4.69) is 21.2 Å². The molecule has 0 unspecified atom stereocenters. The van der Waals surface area contributed by atoms with Gasteiger partial charge in [-0.15, -0.1) is 0 Å². The van der Waals surface area contributed by atoms with Crippen molar-refractivity contribution in [2.75, 3.05) is 19.5 Å². The highest BCUT2D eigenvalue weighted by Crippen LogP contribution is 2.39. The first-order valence-electron chi connectivity index (χ1n) is 9.81. The van der Waals surface area contributed by atoms with Crippen LogP contribution in [0, 0.1) is 11.3 Å². The third-order valence-corrected chi connectivity index (χ3v) is 6.65. The lowest BCUT2D eigenvalue weighted by Crippen LogP contribution is -2.13. The summed E-state index contributed by atoms with van der Waals surface area (Å²) in [5.41, 5.74) is 0.690. The molecule has 0 spiro atoms. The highest BCUT2D eigenvalue weighted by molar-refractivity contribution is 9.10. The number of nitriles is 1. The number of nitrogens with zero attached hydrogens (tertiary/aromatic N) is 1. The molecule has 0 aromatic heterocycles. The second-order valence-corrected chi connectivity index (χ2v) is 9.72. The first kappa shape index (κ1) is 26.1. The van der Waals surface area contributed by atoms with Gasteiger partial charge in [0.05, 0.1) is 18.7 Å². The Morgan fingerprint density at radius 1 is 1.06 bits per heavy atom. The molecule has 1 amide bonds. The van der Waals surface area contributed by atoms with Crippen molar-refractivity contribution in [2.24, 2.45) is 0 Å². The maximum Gasteiger partial charge on any atom is 0.339 e. The lowest BCUT2D eigenvalue weighted by molar-refractivity contribution is -0.112. The molecule has 180 valence electrons. The number of halogens is 2. The van der Waals surface area contributed by atoms with E-state index < -0.39 is 16.0 Å². The molecule has 3 aromatic carbocycles. The van der Waals surface area contributed by atoms with Crippen molar-refractivity contribution in [3.63, 3.8) is 0 Å². The van der Waals surface area contributed by atoms with Crippen molar-refractivity contribution in [1.82, 2.24) is 0 Å². The van der Waals surface area contributed by atoms with Gasteiger partial charge in [-0.05, 0) is 88.2 Å². The number of hydrogen-bond acceptors (Lipinski definition) is 7. The molecular formula is C24H18BrClN2O6S. The molecule has 0 aliphatic rings. The average molecular weight is 578 g/mol. The van der Waals surface area contributed by atoms with E-state index in [4.69, 9.17) is 25.3 Å². The molecule has 0 aliphatic heterocycles. The van der Waals surface area contributed by atoms with Crippen LogP contribution < -0.4 is 19.0 Å². The molecule has 0 saturated heterocycles. The summed E-state index contributed by atoms with van der Waals surface area (Å²) >= 11 is 9.10. The number of carbonyl (C=O) groups is 1. The molecule has 0 bridgehead atoms. The van der Waals surface area contributed by atoms with Gasteiger partial charge in [-0.2, -0.15) is 13.7 Å². The highest BCUT2D eigenvalue weighted by atomic mass is 79.9. The minimum atomic E-state index is -4.19. The predicted octanol–water partition coefficient (Wildman–Crippen LogP) is 5.43. The van der Waals surface area contributed by atoms with E-state index in [0.29, 0.717) is 22.0 Å². The van der Waals surface area contributed by atoms with Gasteiger partial charge in [-0.1, -0.05) is 11.6 Å². The van der Waals surface area contributed by atoms with Crippen LogP contribution in [0.2, 0.25) is 5.02 Å². The SMILES string of the molecule is COc1ccc(NC(=O)/C(C#N)=C/c2cc(Br)c(OS(=O)(=O)c3ccc(Cl)cc3)c(OC)c2)cc1. The van der Waals surface area contributed by atoms with Crippen LogP contribution in [0.3, 0.4) is 0 Å². The van der Waals surface area contributed by atoms with Gasteiger partial charge in [0.15, 0.2) is 11.5 Å². The molecular weight excluding hydrogens is 560 g/mol. The summed E-state index contributed by atoms with van der Waals surface area (Å²) in [6.07, 6.45) is 1.34. The fourth-order valence-electron chi connectivity index (χ4n) is 2.85. The molecule has 35 heavy (non-hydrogen) atoms. The Kier molecular flexibility index (Phi) is 8.40. The van der Waals surface area contributed by atoms with Crippen molar-refractivity contribution >= 4 is 55.3 Å². The van der Waals surface area contributed by atoms with Crippen LogP contribution in [0.4, 0.5) is 5.69 Å². The highest BCUT2D eigenvalue weighted by Gasteiger charge is 2.22. The molecule has 3 rings (SSSR count). The summed E-state index contributed by atoms with van der Waals surface area (Å²) in [5.74, 6) is -0.0356. The zero-order chi connectivity index (χ0) is 25.6. The van der Waals surface area contributed by atoms with E-state index in [1.165, 1.54) is 56.7 Å². The zero-order valence-electron chi connectivity index (χ0n) is 18.4. The maximum atomic E-state index is 12.7. The van der Waals surface area contributed by atoms with Gasteiger partial charge in [0.1, 0.15) is 22.3 Å². The third-order valence-electron chi connectivity index (χ3n) is 4.57. The van der Waals surface area contributed by atoms with Gasteiger partial charge < -0.3 is 19.0 Å². The summed E-state index contributed by atoms with van der Waals surface area (Å²) in [5, 5.41) is 12.5. The lowest BCUT2D eigenvalue weighted by Gasteiger charge is -2.13. The molecule has 0 heterocycles. The smallest absolute Gasteiger partial charge is 0.339 e. The Morgan fingerprint density at radius 3 is 2.29 bits per heavy atom. The van der Waals surface area contributed by atoms with E-state index in [0.717, 1.165) is 0 Å². The Hall–Kier alpha value is -3.52. The van der Waals surface area contributed by atoms with Crippen molar-refractivity contribution in [1.29, 1.82) is 5.26 Å². The minimum Gasteiger partial charge on any atom is -0.497 e. The molecule has 11 heteroatoms. The summed E-state index contributed by atoms with van der Waals surface area (Å²) in [6.45, 7) is 0. The number of hydrogen-bond donors (Lipinski definition) is 1. The lowest BCUT2D eigenvalue weighted by atomic mass is 10.1. The van der Waals surface area contributed by atoms with Gasteiger partial charge in [0, 0.05) is 10.7 Å². The van der Waals surface area contributed by atoms with Crippen LogP contribution in [-0.4, -0.2) is 28.5 Å². The van der Waals surface area contributed by atoms with Crippen molar-refractivity contribution < 1.29 is 26.9 Å². The number of amides is 1. The Morgan fingerprint density at radius 2 is 1.71 bits per heavy atom. The van der Waals surface area contributed by atoms with Crippen LogP contribution in [0.1, 0.15) is 5.56 Å². The summed E-state index contributed by atoms with van der Waals surface area (Å²) in [7, 11) is -1.33. The number of carbonyl (C=O) groups excluding carboxylic acids is 1. The fraction of sp³-hybridized carbons (Fsp3) is 0.0833. The number of nitrogens with one attached hydrogen (secondary N) is 1. The van der Waals surface area contributed by atoms with Crippen molar-refractivity contribution in [3.05, 3.63) is 81.3 Å². The van der Waals surface area contributed by atoms with Crippen molar-refractivity contribution in [2.45, 2.75) is 4.90 Å². The zero-order valence-corrected chi connectivity index (χ0v) is 21.6. The van der Waals surface area contributed by atoms with Gasteiger partial charge in [-0.3, -0.25) is 4.79 Å². The third kappa shape index (κ3) is 6.54. The first-order valence-corrected chi connectivity index (χ1v) is 12.4. The molecule has 0 atom stereocenters. The Bertz CT molecular complexity index is 1420. The molecule has 3 aromatic rings. The summed E-state index contributed by atoms with van der Waals surface area (Å²) < 4.78 is 41.3. The van der Waals surface area contributed by atoms with Crippen LogP contribution in [-0.2, 0) is 14.9 Å². The van der Waals surface area contributed by atoms with Gasteiger partial charge in [0.2, 0.25) is 0 Å². The molecule has 1 N–H and O–H groups in total. The second-order valence-electron chi connectivity index (χ2n) is 6.88. The summed E-state index contributed by atoms with van der Waals surface area (Å²) in [6, 6.07) is 16.9. The molecule has 0 radical (unpaired) electrons. The standard InChI is InChI=1S/C24H18BrClN2O6S/c1-32-19-7-5-18(6-8-19)28-24(29)16(14-27)11-15-12-21(25)23(22(13-15)33-2)34-35(30,31)20-9-3-17(26)4-10-20/h3-13H,1-2H3,(H,28,29)/b16-11+. The fourth-order valence-corrected chi connectivity index (χ4v) is 4.58. The van der Waals surface area contributed by atoms with Gasteiger partial charge in [-0.25, -0.2) is 0 Å². The summed E-state index contributed by atoms with van der Waals surface area (Å²) in [4.78, 5) is 12.5. The van der Waals surface area contributed by atoms with E-state index >= 15 is 0 Å². The van der Waals surface area contributed by atoms with E-state index in [9.17, 15) is 18.5 Å². The van der Waals surface area contributed by atoms with E-state index in [-0.39, 0.29) is 26.4 Å². The number of methoxy groups -OCH3 is 2. The minimum absolute atomic E-state index is 0.0658. The van der Waals surface area contributed by atoms with Crippen LogP contribution >= 0.6 is 27.5 Å². The molecule has 0 aliphatic carbocycles. The first-order chi connectivity index (χ1) is 16.7. The second kappa shape index (κ2) is 11.3. The Labute approximate surface area is 215 Å². The monoisotopic (exact) mass is 576 g/mol. The molecule has 0 saturated carbocycles. The van der Waals surface area contributed by atoms with Crippen LogP contribution in [0.5, 0.6) is 17.2 Å². The van der Waals surface area contributed by atoms with Crippen molar-refractivity contribution in [3.8, 4) is 23.3 Å². The largest absolute Gasteiger partial charge is 0.497 e. The Balaban J connectivity index is 1.88. The number of benzene rings is 3. The maximum absolute atomic E-state index is 12.7. The predicted molar refractivity (Wildman–Crippen MR) is 135 cm³/mol. The van der Waals surface area contributed by atoms with Crippen LogP contribution in [0.25, 0.3) is 6.08 Å². The van der Waals surface area contributed by atoms with Crippen LogP contribution in [0.15, 0.2) is 75.6 Å². The quantitative estimate of drug-likeness (QED) is 0.216. The average Bonchev–Trinajstić information content (AvgIpc) is 2.84. The number of ether oxygens (including phenoxy) is 2. The number of rotatable bonds is 8. The van der Waals surface area contributed by atoms with E-state index in [1.807, 2.05) is 6.07 Å². The molecule has 0 fully saturated rings. The van der Waals surface area contributed by atoms with E-state index in [1.54, 1.807) is 24.3 Å². The molecule has 8 nitrogen and oxygen atoms in total. The normalized spacial score (nSPS) is 11.3. The topological polar surface area (TPSA) is 115 Å². The van der Waals surface area contributed by atoms with Gasteiger partial charge >= 0.3 is 10.1 Å². The number of anilines is 1.